The summed E-state index contributed by atoms with van der Waals surface area (Å²) in [4.78, 5) is 17.1. The van der Waals surface area contributed by atoms with E-state index in [4.69, 9.17) is 11.6 Å². The van der Waals surface area contributed by atoms with E-state index < -0.39 is 0 Å². The predicted molar refractivity (Wildman–Crippen MR) is 84.4 cm³/mol. The number of amides is 1. The lowest BCUT2D eigenvalue weighted by atomic mass is 10.2. The number of hydrogen-bond donors (Lipinski definition) is 1. The fourth-order valence-electron chi connectivity index (χ4n) is 1.59. The Labute approximate surface area is 127 Å². The molecule has 0 bridgehead atoms. The summed E-state index contributed by atoms with van der Waals surface area (Å²) in [6, 6.07) is 11.6. The van der Waals surface area contributed by atoms with E-state index in [1.165, 1.54) is 17.3 Å². The maximum atomic E-state index is 12.1. The van der Waals surface area contributed by atoms with Crippen molar-refractivity contribution in [2.45, 2.75) is 24.0 Å². The molecule has 2 rings (SSSR count). The Hall–Kier alpha value is -1.52. The largest absolute Gasteiger partial charge is 0.322 e. The first-order chi connectivity index (χ1) is 9.56. The zero-order valence-electron chi connectivity index (χ0n) is 11.3. The van der Waals surface area contributed by atoms with Crippen LogP contribution in [-0.4, -0.2) is 16.1 Å². The monoisotopic (exact) mass is 306 g/mol. The van der Waals surface area contributed by atoms with Gasteiger partial charge in [-0.15, -0.1) is 11.8 Å². The third-order valence-electron chi connectivity index (χ3n) is 2.72. The number of pyridine rings is 1. The van der Waals surface area contributed by atoms with Crippen molar-refractivity contribution in [1.82, 2.24) is 4.98 Å². The molecule has 1 N–H and O–H groups in total. The molecule has 104 valence electrons. The molecule has 1 atom stereocenters. The van der Waals surface area contributed by atoms with Crippen molar-refractivity contribution in [3.63, 3.8) is 0 Å². The van der Waals surface area contributed by atoms with Gasteiger partial charge in [0, 0.05) is 11.1 Å². The fraction of sp³-hybridized carbons (Fsp3) is 0.200. The molecule has 1 amide bonds. The first-order valence-corrected chi connectivity index (χ1v) is 7.47. The van der Waals surface area contributed by atoms with Gasteiger partial charge in [-0.3, -0.25) is 4.79 Å². The van der Waals surface area contributed by atoms with Crippen LogP contribution >= 0.6 is 23.4 Å². The molecule has 0 aliphatic rings. The molecule has 1 aromatic carbocycles. The molecule has 5 heteroatoms. The lowest BCUT2D eigenvalue weighted by Gasteiger charge is -2.12. The number of anilines is 1. The van der Waals surface area contributed by atoms with Gasteiger partial charge in [-0.2, -0.15) is 0 Å². The summed E-state index contributed by atoms with van der Waals surface area (Å²) >= 11 is 7.43. The molecular weight excluding hydrogens is 292 g/mol. The maximum absolute atomic E-state index is 12.1. The van der Waals surface area contributed by atoms with Gasteiger partial charge in [0.05, 0.1) is 10.9 Å². The molecule has 2 aromatic rings. The van der Waals surface area contributed by atoms with Crippen LogP contribution in [0.3, 0.4) is 0 Å². The molecule has 20 heavy (non-hydrogen) atoms. The third kappa shape index (κ3) is 3.99. The molecular formula is C15H15ClN2OS. The summed E-state index contributed by atoms with van der Waals surface area (Å²) in [5, 5.41) is 2.87. The Kier molecular flexibility index (Phi) is 5.04. The normalized spacial score (nSPS) is 11.9. The van der Waals surface area contributed by atoms with Crippen LogP contribution in [0.25, 0.3) is 0 Å². The highest BCUT2D eigenvalue weighted by Gasteiger charge is 2.15. The van der Waals surface area contributed by atoms with E-state index in [1.807, 2.05) is 38.1 Å². The number of benzene rings is 1. The average molecular weight is 307 g/mol. The van der Waals surface area contributed by atoms with Crippen LogP contribution in [0.2, 0.25) is 5.15 Å². The number of rotatable bonds is 4. The number of carbonyl (C=O) groups excluding carboxylic acids is 1. The topological polar surface area (TPSA) is 42.0 Å². The summed E-state index contributed by atoms with van der Waals surface area (Å²) < 4.78 is 0. The quantitative estimate of drug-likeness (QED) is 0.681. The highest BCUT2D eigenvalue weighted by atomic mass is 35.5. The van der Waals surface area contributed by atoms with Crippen molar-refractivity contribution in [2.24, 2.45) is 0 Å². The smallest absolute Gasteiger partial charge is 0.237 e. The van der Waals surface area contributed by atoms with E-state index in [1.54, 1.807) is 18.3 Å². The number of thioether (sulfide) groups is 1. The Morgan fingerprint density at radius 1 is 1.30 bits per heavy atom. The minimum atomic E-state index is -0.214. The van der Waals surface area contributed by atoms with Crippen LogP contribution in [0.15, 0.2) is 47.5 Å². The number of halogens is 1. The molecule has 1 aromatic heterocycles. The summed E-state index contributed by atoms with van der Waals surface area (Å²) in [5.41, 5.74) is 1.74. The fourth-order valence-corrected chi connectivity index (χ4v) is 2.62. The molecule has 0 radical (unpaired) electrons. The van der Waals surface area contributed by atoms with Crippen LogP contribution in [0.5, 0.6) is 0 Å². The van der Waals surface area contributed by atoms with Crippen molar-refractivity contribution < 1.29 is 4.79 Å². The summed E-state index contributed by atoms with van der Waals surface area (Å²) in [6.07, 6.45) is 1.59. The van der Waals surface area contributed by atoms with Gasteiger partial charge >= 0.3 is 0 Å². The van der Waals surface area contributed by atoms with E-state index in [9.17, 15) is 4.79 Å². The maximum Gasteiger partial charge on any atom is 0.237 e. The zero-order valence-corrected chi connectivity index (χ0v) is 12.8. The van der Waals surface area contributed by atoms with E-state index in [0.29, 0.717) is 10.8 Å². The van der Waals surface area contributed by atoms with Crippen molar-refractivity contribution in [3.05, 3.63) is 53.3 Å². The van der Waals surface area contributed by atoms with Gasteiger partial charge in [0.25, 0.3) is 0 Å². The second-order valence-corrected chi connectivity index (χ2v) is 6.18. The van der Waals surface area contributed by atoms with Gasteiger partial charge < -0.3 is 5.32 Å². The minimum Gasteiger partial charge on any atom is -0.322 e. The third-order valence-corrected chi connectivity index (χ3v) is 4.13. The number of hydrogen-bond acceptors (Lipinski definition) is 3. The molecule has 0 unspecified atom stereocenters. The molecule has 0 saturated heterocycles. The number of aryl methyl sites for hydroxylation is 1. The first-order valence-electron chi connectivity index (χ1n) is 6.21. The van der Waals surface area contributed by atoms with E-state index in [-0.39, 0.29) is 11.2 Å². The molecule has 0 aliphatic heterocycles. The molecule has 0 saturated carbocycles. The Morgan fingerprint density at radius 2 is 2.00 bits per heavy atom. The summed E-state index contributed by atoms with van der Waals surface area (Å²) in [5.74, 6) is -0.0922. The molecule has 0 spiro atoms. The van der Waals surface area contributed by atoms with Gasteiger partial charge in [0.2, 0.25) is 5.91 Å². The second-order valence-electron chi connectivity index (χ2n) is 4.40. The van der Waals surface area contributed by atoms with Crippen LogP contribution in [0, 0.1) is 6.92 Å². The summed E-state index contributed by atoms with van der Waals surface area (Å²) in [6.45, 7) is 3.90. The van der Waals surface area contributed by atoms with Crippen molar-refractivity contribution in [2.75, 3.05) is 5.32 Å². The Balaban J connectivity index is 1.99. The minimum absolute atomic E-state index is 0.0922. The summed E-state index contributed by atoms with van der Waals surface area (Å²) in [7, 11) is 0. The van der Waals surface area contributed by atoms with Gasteiger partial charge in [-0.25, -0.2) is 4.98 Å². The highest BCUT2D eigenvalue weighted by molar-refractivity contribution is 8.00. The number of nitrogens with one attached hydrogen (secondary N) is 1. The van der Waals surface area contributed by atoms with Crippen LogP contribution in [-0.2, 0) is 4.79 Å². The van der Waals surface area contributed by atoms with Crippen LogP contribution in [0.4, 0.5) is 5.69 Å². The molecule has 0 fully saturated rings. The van der Waals surface area contributed by atoms with Gasteiger partial charge in [0.15, 0.2) is 5.15 Å². The highest BCUT2D eigenvalue weighted by Crippen LogP contribution is 2.25. The molecule has 0 aliphatic carbocycles. The van der Waals surface area contributed by atoms with Crippen molar-refractivity contribution >= 4 is 35.0 Å². The molecule has 3 nitrogen and oxygen atoms in total. The standard InChI is InChI=1S/C15H15ClN2OS/c1-10-5-7-12(8-6-10)20-11(2)15(19)18-13-4-3-9-17-14(13)16/h3-9,11H,1-2H3,(H,18,19)/t11-/m0/s1. The van der Waals surface area contributed by atoms with E-state index in [0.717, 1.165) is 4.90 Å². The SMILES string of the molecule is Cc1ccc(S[C@@H](C)C(=O)Nc2cccnc2Cl)cc1. The lowest BCUT2D eigenvalue weighted by Crippen LogP contribution is -2.22. The number of nitrogens with zero attached hydrogens (tertiary/aromatic N) is 1. The second kappa shape index (κ2) is 6.77. The van der Waals surface area contributed by atoms with Gasteiger partial charge in [0.1, 0.15) is 0 Å². The Bertz CT molecular complexity index is 601. The van der Waals surface area contributed by atoms with Crippen molar-refractivity contribution in [3.8, 4) is 0 Å². The van der Waals surface area contributed by atoms with Crippen molar-refractivity contribution in [1.29, 1.82) is 0 Å². The van der Waals surface area contributed by atoms with E-state index >= 15 is 0 Å². The predicted octanol–water partition coefficient (Wildman–Crippen LogP) is 4.16. The van der Waals surface area contributed by atoms with Gasteiger partial charge in [-0.1, -0.05) is 29.3 Å². The first kappa shape index (κ1) is 14.9. The molecule has 1 heterocycles. The number of aromatic nitrogens is 1. The van der Waals surface area contributed by atoms with Crippen LogP contribution in [0.1, 0.15) is 12.5 Å². The van der Waals surface area contributed by atoms with E-state index in [2.05, 4.69) is 10.3 Å². The number of carbonyl (C=O) groups is 1. The van der Waals surface area contributed by atoms with Crippen LogP contribution < -0.4 is 5.32 Å². The lowest BCUT2D eigenvalue weighted by molar-refractivity contribution is -0.115. The average Bonchev–Trinajstić information content (AvgIpc) is 2.44. The van der Waals surface area contributed by atoms with Gasteiger partial charge in [-0.05, 0) is 38.1 Å². The Morgan fingerprint density at radius 3 is 2.65 bits per heavy atom. The zero-order chi connectivity index (χ0) is 14.5.